The summed E-state index contributed by atoms with van der Waals surface area (Å²) in [6.45, 7) is 0. The van der Waals surface area contributed by atoms with Crippen LogP contribution >= 0.6 is 0 Å². The lowest BCUT2D eigenvalue weighted by atomic mass is 9.95. The molecule has 0 unspecified atom stereocenters. The molecule has 0 saturated carbocycles. The second-order valence-corrected chi connectivity index (χ2v) is 5.72. The standard InChI is InChI=1S/C20H10O2/c21-17-9-8-14-15-7-6-12-3-1-2-11-4-5-13(19(15)18(11)12)10-16(14)20(17)22/h1-10H/i5+1,7+1. The molecule has 2 nitrogen and oxygen atoms in total. The van der Waals surface area contributed by atoms with Gasteiger partial charge in [-0.15, -0.1) is 0 Å². The molecule has 0 aliphatic carbocycles. The largest absolute Gasteiger partial charge is 0.286 e. The Morgan fingerprint density at radius 3 is 2.05 bits per heavy atom. The summed E-state index contributed by atoms with van der Waals surface area (Å²) in [5.41, 5.74) is -0.858. The van der Waals surface area contributed by atoms with E-state index in [1.54, 1.807) is 6.07 Å². The van der Waals surface area contributed by atoms with E-state index >= 15 is 0 Å². The average molecular weight is 284 g/mol. The number of rotatable bonds is 0. The van der Waals surface area contributed by atoms with Crippen LogP contribution in [0.15, 0.2) is 70.3 Å². The summed E-state index contributed by atoms with van der Waals surface area (Å²) in [6, 6.07) is 19.5. The Balaban J connectivity index is 2.23. The van der Waals surface area contributed by atoms with E-state index in [9.17, 15) is 9.59 Å². The van der Waals surface area contributed by atoms with Gasteiger partial charge in [-0.1, -0.05) is 42.5 Å². The molecule has 0 saturated heterocycles. The normalized spacial score (nSPS) is 12.0. The van der Waals surface area contributed by atoms with Gasteiger partial charge in [-0.05, 0) is 55.9 Å². The van der Waals surface area contributed by atoms with Gasteiger partial charge in [-0.2, -0.15) is 0 Å². The highest BCUT2D eigenvalue weighted by atomic mass is 16.2. The highest BCUT2D eigenvalue weighted by Gasteiger charge is 2.12. The SMILES string of the molecule is O=c1ccc2c(cc3[13cH]cc4cccc5c[13cH]c2c3c45)c1=O. The third-order valence-electron chi connectivity index (χ3n) is 4.56. The minimum absolute atomic E-state index is 0.414. The van der Waals surface area contributed by atoms with Crippen molar-refractivity contribution in [2.45, 2.75) is 0 Å². The third-order valence-corrected chi connectivity index (χ3v) is 4.56. The zero-order valence-electron chi connectivity index (χ0n) is 11.6. The molecule has 0 aliphatic heterocycles. The topological polar surface area (TPSA) is 34.1 Å². The van der Waals surface area contributed by atoms with Gasteiger partial charge < -0.3 is 0 Å². The predicted octanol–water partition coefficient (Wildman–Crippen LogP) is 3.90. The lowest BCUT2D eigenvalue weighted by Gasteiger charge is -2.12. The maximum Gasteiger partial charge on any atom is 0.233 e. The van der Waals surface area contributed by atoms with E-state index in [0.717, 1.165) is 16.2 Å². The molecule has 5 aromatic rings. The molecule has 0 bridgehead atoms. The van der Waals surface area contributed by atoms with Gasteiger partial charge in [0, 0.05) is 5.39 Å². The Hall–Kier alpha value is -3.00. The number of fused-ring (bicyclic) bond motifs is 2. The Morgan fingerprint density at radius 1 is 0.545 bits per heavy atom. The minimum atomic E-state index is -0.444. The van der Waals surface area contributed by atoms with Crippen LogP contribution < -0.4 is 10.9 Å². The summed E-state index contributed by atoms with van der Waals surface area (Å²) in [5, 5.41) is 8.19. The van der Waals surface area contributed by atoms with E-state index in [-0.39, 0.29) is 0 Å². The van der Waals surface area contributed by atoms with Crippen molar-refractivity contribution in [1.29, 1.82) is 0 Å². The summed E-state index contributed by atoms with van der Waals surface area (Å²) < 4.78 is 0. The second kappa shape index (κ2) is 3.80. The van der Waals surface area contributed by atoms with Gasteiger partial charge >= 0.3 is 0 Å². The molecule has 5 rings (SSSR count). The van der Waals surface area contributed by atoms with Gasteiger partial charge in [0.25, 0.3) is 0 Å². The fourth-order valence-electron chi connectivity index (χ4n) is 3.57. The van der Waals surface area contributed by atoms with Crippen molar-refractivity contribution in [3.8, 4) is 0 Å². The van der Waals surface area contributed by atoms with Crippen molar-refractivity contribution in [2.24, 2.45) is 0 Å². The molecule has 0 radical (unpaired) electrons. The predicted molar refractivity (Wildman–Crippen MR) is 91.4 cm³/mol. The second-order valence-electron chi connectivity index (χ2n) is 5.72. The Bertz CT molecular complexity index is 1290. The molecule has 0 atom stereocenters. The maximum absolute atomic E-state index is 12.2. The van der Waals surface area contributed by atoms with Gasteiger partial charge in [0.15, 0.2) is 0 Å². The number of hydrogen-bond acceptors (Lipinski definition) is 2. The van der Waals surface area contributed by atoms with Crippen molar-refractivity contribution < 1.29 is 0 Å². The quantitative estimate of drug-likeness (QED) is 0.245. The molecule has 0 N–H and O–H groups in total. The highest BCUT2D eigenvalue weighted by molar-refractivity contribution is 6.28. The van der Waals surface area contributed by atoms with E-state index in [4.69, 9.17) is 0 Å². The van der Waals surface area contributed by atoms with Gasteiger partial charge in [0.05, 0.1) is 0 Å². The van der Waals surface area contributed by atoms with E-state index in [0.29, 0.717) is 5.39 Å². The van der Waals surface area contributed by atoms with Crippen LogP contribution in [0.5, 0.6) is 0 Å². The van der Waals surface area contributed by atoms with Crippen LogP contribution in [0.2, 0.25) is 0 Å². The van der Waals surface area contributed by atoms with E-state index in [1.165, 1.54) is 27.6 Å². The number of hydrogen-bond donors (Lipinski definition) is 0. The molecule has 0 fully saturated rings. The van der Waals surface area contributed by atoms with E-state index in [2.05, 4.69) is 36.4 Å². The van der Waals surface area contributed by atoms with Crippen molar-refractivity contribution >= 4 is 43.1 Å². The molecule has 0 heterocycles. The molecule has 22 heavy (non-hydrogen) atoms. The molecule has 0 aromatic heterocycles. The lowest BCUT2D eigenvalue weighted by molar-refractivity contribution is 1.55. The van der Waals surface area contributed by atoms with Gasteiger partial charge in [0.1, 0.15) is 0 Å². The van der Waals surface area contributed by atoms with Crippen LogP contribution in [0.4, 0.5) is 0 Å². The van der Waals surface area contributed by atoms with Gasteiger partial charge in [0.2, 0.25) is 10.9 Å². The molecule has 0 spiro atoms. The van der Waals surface area contributed by atoms with Crippen molar-refractivity contribution in [3.05, 3.63) is 81.1 Å². The first-order valence-electron chi connectivity index (χ1n) is 7.21. The average Bonchev–Trinajstić information content (AvgIpc) is 2.56. The van der Waals surface area contributed by atoms with Crippen LogP contribution in [-0.4, -0.2) is 0 Å². The Kier molecular flexibility index (Phi) is 2.01. The zero-order valence-corrected chi connectivity index (χ0v) is 11.6. The first kappa shape index (κ1) is 11.6. The summed E-state index contributed by atoms with van der Waals surface area (Å²) >= 11 is 0. The van der Waals surface area contributed by atoms with Crippen LogP contribution in [0.1, 0.15) is 0 Å². The molecular weight excluding hydrogens is 274 g/mol. The first-order chi connectivity index (χ1) is 10.7. The summed E-state index contributed by atoms with van der Waals surface area (Å²) in [6.07, 6.45) is 0. The van der Waals surface area contributed by atoms with Gasteiger partial charge in [-0.3, -0.25) is 9.59 Å². The van der Waals surface area contributed by atoms with Crippen molar-refractivity contribution in [2.75, 3.05) is 0 Å². The van der Waals surface area contributed by atoms with Crippen LogP contribution in [0, 0.1) is 0 Å². The molecule has 2 heteroatoms. The molecular formula is C20H10O2. The Morgan fingerprint density at radius 2 is 1.23 bits per heavy atom. The summed E-state index contributed by atoms with van der Waals surface area (Å²) in [7, 11) is 0. The number of benzene rings is 5. The van der Waals surface area contributed by atoms with E-state index < -0.39 is 10.9 Å². The fraction of sp³-hybridized carbons (Fsp3) is 0. The zero-order chi connectivity index (χ0) is 14.8. The minimum Gasteiger partial charge on any atom is -0.286 e. The molecule has 102 valence electrons. The third kappa shape index (κ3) is 1.29. The van der Waals surface area contributed by atoms with Crippen LogP contribution in [0.3, 0.4) is 0 Å². The summed E-state index contributed by atoms with van der Waals surface area (Å²) in [5.74, 6) is 0. The first-order valence-corrected chi connectivity index (χ1v) is 7.21. The smallest absolute Gasteiger partial charge is 0.233 e. The van der Waals surface area contributed by atoms with Gasteiger partial charge in [-0.25, -0.2) is 0 Å². The highest BCUT2D eigenvalue weighted by Crippen LogP contribution is 2.37. The maximum atomic E-state index is 12.2. The van der Waals surface area contributed by atoms with Crippen LogP contribution in [-0.2, 0) is 0 Å². The van der Waals surface area contributed by atoms with E-state index in [1.807, 2.05) is 12.1 Å². The van der Waals surface area contributed by atoms with Crippen molar-refractivity contribution in [1.82, 2.24) is 0 Å². The van der Waals surface area contributed by atoms with Crippen molar-refractivity contribution in [3.63, 3.8) is 0 Å². The lowest BCUT2D eigenvalue weighted by Crippen LogP contribution is -2.22. The fourth-order valence-corrected chi connectivity index (χ4v) is 3.57. The molecule has 5 aromatic carbocycles. The molecule has 0 amide bonds. The Labute approximate surface area is 124 Å². The van der Waals surface area contributed by atoms with Crippen LogP contribution in [0.25, 0.3) is 43.1 Å². The summed E-state index contributed by atoms with van der Waals surface area (Å²) in [4.78, 5) is 23.8. The monoisotopic (exact) mass is 284 g/mol. The molecule has 0 aliphatic rings.